The summed E-state index contributed by atoms with van der Waals surface area (Å²) in [4.78, 5) is 0. The summed E-state index contributed by atoms with van der Waals surface area (Å²) in [6, 6.07) is 5.37. The maximum absolute atomic E-state index is 13.7. The molecule has 17 heavy (non-hydrogen) atoms. The largest absolute Gasteiger partial charge is 0.494 e. The van der Waals surface area contributed by atoms with Crippen molar-refractivity contribution < 1.29 is 9.13 Å². The highest BCUT2D eigenvalue weighted by Crippen LogP contribution is 2.44. The van der Waals surface area contributed by atoms with Crippen LogP contribution in [0.3, 0.4) is 0 Å². The van der Waals surface area contributed by atoms with Crippen molar-refractivity contribution in [3.05, 3.63) is 29.6 Å². The van der Waals surface area contributed by atoms with Gasteiger partial charge in [0, 0.05) is 0 Å². The first-order valence-electron chi connectivity index (χ1n) is 6.24. The van der Waals surface area contributed by atoms with E-state index in [1.165, 1.54) is 20.0 Å². The highest BCUT2D eigenvalue weighted by Gasteiger charge is 2.32. The highest BCUT2D eigenvalue weighted by atomic mass is 19.1. The molecular formula is C14H20FNO. The quantitative estimate of drug-likeness (QED) is 0.821. The van der Waals surface area contributed by atoms with Gasteiger partial charge in [0.15, 0.2) is 11.6 Å². The van der Waals surface area contributed by atoms with Crippen LogP contribution in [0.2, 0.25) is 0 Å². The molecule has 0 amide bonds. The van der Waals surface area contributed by atoms with Crippen LogP contribution in [0, 0.1) is 11.7 Å². The van der Waals surface area contributed by atoms with Gasteiger partial charge in [0.1, 0.15) is 0 Å². The van der Waals surface area contributed by atoms with Crippen LogP contribution in [0.25, 0.3) is 0 Å². The fourth-order valence-corrected chi connectivity index (χ4v) is 2.39. The maximum Gasteiger partial charge on any atom is 0.165 e. The molecule has 2 nitrogen and oxygen atoms in total. The number of hydrogen-bond donors (Lipinski definition) is 1. The minimum atomic E-state index is -0.250. The van der Waals surface area contributed by atoms with Crippen molar-refractivity contribution in [1.29, 1.82) is 0 Å². The third-order valence-corrected chi connectivity index (χ3v) is 3.50. The SMILES string of the molecule is CNCCC(c1ccc(OC)c(F)c1)C1CC1. The molecule has 0 radical (unpaired) electrons. The van der Waals surface area contributed by atoms with Gasteiger partial charge in [0.05, 0.1) is 7.11 Å². The lowest BCUT2D eigenvalue weighted by molar-refractivity contribution is 0.385. The molecular weight excluding hydrogens is 217 g/mol. The van der Waals surface area contributed by atoms with E-state index in [-0.39, 0.29) is 5.82 Å². The second kappa shape index (κ2) is 5.50. The maximum atomic E-state index is 13.7. The summed E-state index contributed by atoms with van der Waals surface area (Å²) in [5.74, 6) is 1.32. The third kappa shape index (κ3) is 2.97. The van der Waals surface area contributed by atoms with Gasteiger partial charge in [-0.1, -0.05) is 6.07 Å². The van der Waals surface area contributed by atoms with E-state index in [2.05, 4.69) is 5.32 Å². The van der Waals surface area contributed by atoms with Gasteiger partial charge in [-0.15, -0.1) is 0 Å². The van der Waals surface area contributed by atoms with Gasteiger partial charge in [-0.3, -0.25) is 0 Å². The lowest BCUT2D eigenvalue weighted by Crippen LogP contribution is -2.13. The molecule has 1 atom stereocenters. The second-order valence-electron chi connectivity index (χ2n) is 4.73. The zero-order chi connectivity index (χ0) is 12.3. The van der Waals surface area contributed by atoms with Crippen LogP contribution in [0.5, 0.6) is 5.75 Å². The minimum absolute atomic E-state index is 0.250. The number of nitrogens with one attached hydrogen (secondary N) is 1. The molecule has 1 unspecified atom stereocenters. The van der Waals surface area contributed by atoms with E-state index >= 15 is 0 Å². The van der Waals surface area contributed by atoms with Gasteiger partial charge in [-0.2, -0.15) is 0 Å². The Morgan fingerprint density at radius 3 is 2.76 bits per heavy atom. The van der Waals surface area contributed by atoms with Crippen molar-refractivity contribution in [2.24, 2.45) is 5.92 Å². The summed E-state index contributed by atoms with van der Waals surface area (Å²) in [6.45, 7) is 0.981. The molecule has 94 valence electrons. The lowest BCUT2D eigenvalue weighted by Gasteiger charge is -2.17. The molecule has 1 aromatic carbocycles. The first-order chi connectivity index (χ1) is 8.26. The second-order valence-corrected chi connectivity index (χ2v) is 4.73. The summed E-state index contributed by atoms with van der Waals surface area (Å²) in [6.07, 6.45) is 3.64. The Morgan fingerprint density at radius 2 is 2.24 bits per heavy atom. The molecule has 1 aliphatic rings. The topological polar surface area (TPSA) is 21.3 Å². The minimum Gasteiger partial charge on any atom is -0.494 e. The average molecular weight is 237 g/mol. The zero-order valence-corrected chi connectivity index (χ0v) is 10.5. The van der Waals surface area contributed by atoms with Crippen molar-refractivity contribution >= 4 is 0 Å². The molecule has 0 spiro atoms. The molecule has 0 aromatic heterocycles. The Kier molecular flexibility index (Phi) is 4.00. The number of benzene rings is 1. The molecule has 0 saturated heterocycles. The first-order valence-corrected chi connectivity index (χ1v) is 6.24. The fourth-order valence-electron chi connectivity index (χ4n) is 2.39. The fraction of sp³-hybridized carbons (Fsp3) is 0.571. The molecule has 0 aliphatic heterocycles. The number of methoxy groups -OCH3 is 1. The summed E-state index contributed by atoms with van der Waals surface area (Å²) in [7, 11) is 3.45. The van der Waals surface area contributed by atoms with Crippen LogP contribution in [0.1, 0.15) is 30.7 Å². The Labute approximate surface area is 102 Å². The predicted molar refractivity (Wildman–Crippen MR) is 67.0 cm³/mol. The van der Waals surface area contributed by atoms with Crippen molar-refractivity contribution in [1.82, 2.24) is 5.32 Å². The first kappa shape index (κ1) is 12.4. The third-order valence-electron chi connectivity index (χ3n) is 3.50. The van der Waals surface area contributed by atoms with E-state index in [9.17, 15) is 4.39 Å². The van der Waals surface area contributed by atoms with Gasteiger partial charge in [0.2, 0.25) is 0 Å². The van der Waals surface area contributed by atoms with Crippen LogP contribution in [-0.4, -0.2) is 20.7 Å². The zero-order valence-electron chi connectivity index (χ0n) is 10.5. The van der Waals surface area contributed by atoms with Gasteiger partial charge in [0.25, 0.3) is 0 Å². The molecule has 0 heterocycles. The standard InChI is InChI=1S/C14H20FNO/c1-16-8-7-12(10-3-4-10)11-5-6-14(17-2)13(15)9-11/h5-6,9-10,12,16H,3-4,7-8H2,1-2H3. The Bertz CT molecular complexity index is 376. The van der Waals surface area contributed by atoms with Gasteiger partial charge < -0.3 is 10.1 Å². The van der Waals surface area contributed by atoms with Crippen LogP contribution in [-0.2, 0) is 0 Å². The average Bonchev–Trinajstić information content (AvgIpc) is 3.14. The van der Waals surface area contributed by atoms with Crippen molar-refractivity contribution in [2.75, 3.05) is 20.7 Å². The van der Waals surface area contributed by atoms with E-state index in [0.29, 0.717) is 11.7 Å². The van der Waals surface area contributed by atoms with E-state index in [1.807, 2.05) is 13.1 Å². The Morgan fingerprint density at radius 1 is 1.47 bits per heavy atom. The van der Waals surface area contributed by atoms with E-state index in [1.54, 1.807) is 12.1 Å². The van der Waals surface area contributed by atoms with Crippen LogP contribution >= 0.6 is 0 Å². The molecule has 1 fully saturated rings. The summed E-state index contributed by atoms with van der Waals surface area (Å²) in [5, 5.41) is 3.17. The highest BCUT2D eigenvalue weighted by molar-refractivity contribution is 5.32. The van der Waals surface area contributed by atoms with Crippen molar-refractivity contribution in [3.63, 3.8) is 0 Å². The summed E-state index contributed by atoms with van der Waals surface area (Å²) >= 11 is 0. The summed E-state index contributed by atoms with van der Waals surface area (Å²) < 4.78 is 18.6. The smallest absolute Gasteiger partial charge is 0.165 e. The van der Waals surface area contributed by atoms with E-state index in [0.717, 1.165) is 24.4 Å². The molecule has 1 aliphatic carbocycles. The molecule has 2 rings (SSSR count). The molecule has 1 aromatic rings. The predicted octanol–water partition coefficient (Wildman–Crippen LogP) is 2.94. The van der Waals surface area contributed by atoms with Crippen LogP contribution < -0.4 is 10.1 Å². The van der Waals surface area contributed by atoms with Crippen molar-refractivity contribution in [3.8, 4) is 5.75 Å². The van der Waals surface area contributed by atoms with Gasteiger partial charge >= 0.3 is 0 Å². The number of ether oxygens (including phenoxy) is 1. The van der Waals surface area contributed by atoms with E-state index < -0.39 is 0 Å². The monoisotopic (exact) mass is 237 g/mol. The number of hydrogen-bond acceptors (Lipinski definition) is 2. The van der Waals surface area contributed by atoms with Crippen molar-refractivity contribution in [2.45, 2.75) is 25.2 Å². The van der Waals surface area contributed by atoms with Crippen LogP contribution in [0.15, 0.2) is 18.2 Å². The number of halogens is 1. The molecule has 0 bridgehead atoms. The normalized spacial score (nSPS) is 16.9. The molecule has 1 saturated carbocycles. The van der Waals surface area contributed by atoms with E-state index in [4.69, 9.17) is 4.74 Å². The lowest BCUT2D eigenvalue weighted by atomic mass is 9.91. The van der Waals surface area contributed by atoms with Gasteiger partial charge in [-0.25, -0.2) is 4.39 Å². The van der Waals surface area contributed by atoms with Crippen LogP contribution in [0.4, 0.5) is 4.39 Å². The molecule has 1 N–H and O–H groups in total. The molecule has 3 heteroatoms. The Hall–Kier alpha value is -1.09. The Balaban J connectivity index is 2.14. The number of rotatable bonds is 6. The van der Waals surface area contributed by atoms with Gasteiger partial charge in [-0.05, 0) is 62.4 Å². The summed E-state index contributed by atoms with van der Waals surface area (Å²) in [5.41, 5.74) is 1.11.